The molecule has 7 heteroatoms. The van der Waals surface area contributed by atoms with Crippen LogP contribution < -0.4 is 5.32 Å². The minimum absolute atomic E-state index is 0.173. The van der Waals surface area contributed by atoms with Crippen LogP contribution in [0.1, 0.15) is 30.3 Å². The third kappa shape index (κ3) is 4.42. The van der Waals surface area contributed by atoms with Crippen LogP contribution >= 0.6 is 0 Å². The van der Waals surface area contributed by atoms with Gasteiger partial charge in [-0.2, -0.15) is 0 Å². The molecular weight excluding hydrogens is 264 g/mol. The Hall–Kier alpha value is -2.31. The lowest BCUT2D eigenvalue weighted by molar-refractivity contribution is -0.148. The molecule has 7 nitrogen and oxygen atoms in total. The minimum Gasteiger partial charge on any atom is -0.480 e. The van der Waals surface area contributed by atoms with E-state index in [2.05, 4.69) is 5.32 Å². The molecule has 1 aromatic heterocycles. The molecule has 0 fully saturated rings. The summed E-state index contributed by atoms with van der Waals surface area (Å²) in [6.45, 7) is 1.76. The van der Waals surface area contributed by atoms with Crippen LogP contribution in [0.3, 0.4) is 0 Å². The molecule has 110 valence electrons. The first-order valence-electron chi connectivity index (χ1n) is 6.23. The highest BCUT2D eigenvalue weighted by Gasteiger charge is 2.21. The lowest BCUT2D eigenvalue weighted by Crippen LogP contribution is -2.40. The fourth-order valence-electron chi connectivity index (χ4n) is 1.49. The Labute approximate surface area is 116 Å². The van der Waals surface area contributed by atoms with Crippen molar-refractivity contribution < 1.29 is 23.9 Å². The molecule has 1 unspecified atom stereocenters. The average molecular weight is 282 g/mol. The third-order valence-electron chi connectivity index (χ3n) is 2.93. The van der Waals surface area contributed by atoms with E-state index >= 15 is 0 Å². The summed E-state index contributed by atoms with van der Waals surface area (Å²) in [5.74, 6) is -1.44. The second kappa shape index (κ2) is 7.32. The number of hydrogen-bond donors (Lipinski definition) is 2. The van der Waals surface area contributed by atoms with Gasteiger partial charge in [-0.3, -0.25) is 9.59 Å². The summed E-state index contributed by atoms with van der Waals surface area (Å²) >= 11 is 0. The van der Waals surface area contributed by atoms with Gasteiger partial charge in [0.05, 0.1) is 6.26 Å². The third-order valence-corrected chi connectivity index (χ3v) is 2.93. The van der Waals surface area contributed by atoms with Crippen molar-refractivity contribution in [2.75, 3.05) is 13.6 Å². The number of carboxylic acid groups (broad SMARTS) is 1. The average Bonchev–Trinajstić information content (AvgIpc) is 2.95. The molecule has 2 amide bonds. The molecule has 0 aliphatic rings. The van der Waals surface area contributed by atoms with Gasteiger partial charge in [0, 0.05) is 20.0 Å². The Morgan fingerprint density at radius 3 is 2.70 bits per heavy atom. The van der Waals surface area contributed by atoms with Crippen LogP contribution in [0.25, 0.3) is 0 Å². The van der Waals surface area contributed by atoms with Gasteiger partial charge in [0.15, 0.2) is 5.76 Å². The molecular formula is C13H18N2O5. The molecule has 0 bridgehead atoms. The second-order valence-corrected chi connectivity index (χ2v) is 4.36. The molecule has 0 aromatic carbocycles. The number of carbonyl (C=O) groups excluding carboxylic acids is 2. The lowest BCUT2D eigenvalue weighted by Gasteiger charge is -2.21. The number of aliphatic carboxylic acids is 1. The van der Waals surface area contributed by atoms with Crippen LogP contribution in [0.4, 0.5) is 0 Å². The summed E-state index contributed by atoms with van der Waals surface area (Å²) < 4.78 is 4.92. The fraction of sp³-hybridized carbons (Fsp3) is 0.462. The summed E-state index contributed by atoms with van der Waals surface area (Å²) in [6, 6.07) is 2.30. The predicted octanol–water partition coefficient (Wildman–Crippen LogP) is 0.721. The van der Waals surface area contributed by atoms with Crippen LogP contribution in [-0.4, -0.2) is 47.4 Å². The molecule has 0 radical (unpaired) electrons. The molecule has 1 aromatic rings. The topological polar surface area (TPSA) is 99.9 Å². The summed E-state index contributed by atoms with van der Waals surface area (Å²) in [6.07, 6.45) is 2.01. The van der Waals surface area contributed by atoms with E-state index in [4.69, 9.17) is 9.52 Å². The summed E-state index contributed by atoms with van der Waals surface area (Å²) in [5, 5.41) is 11.4. The second-order valence-electron chi connectivity index (χ2n) is 4.36. The Kier molecular flexibility index (Phi) is 5.76. The van der Waals surface area contributed by atoms with E-state index in [0.717, 1.165) is 0 Å². The number of furan rings is 1. The molecule has 0 saturated heterocycles. The minimum atomic E-state index is -1.05. The zero-order valence-corrected chi connectivity index (χ0v) is 11.5. The number of hydrogen-bond acceptors (Lipinski definition) is 4. The van der Waals surface area contributed by atoms with E-state index in [-0.39, 0.29) is 24.0 Å². The molecule has 2 N–H and O–H groups in total. The summed E-state index contributed by atoms with van der Waals surface area (Å²) in [4.78, 5) is 35.1. The van der Waals surface area contributed by atoms with Crippen molar-refractivity contribution in [1.82, 2.24) is 10.2 Å². The van der Waals surface area contributed by atoms with Crippen LogP contribution in [0, 0.1) is 0 Å². The molecule has 1 rings (SSSR count). The number of likely N-dealkylation sites (N-methyl/N-ethyl adjacent to an activating group) is 1. The van der Waals surface area contributed by atoms with Crippen molar-refractivity contribution in [3.05, 3.63) is 24.2 Å². The Morgan fingerprint density at radius 1 is 1.45 bits per heavy atom. The Bertz CT molecular complexity index is 469. The van der Waals surface area contributed by atoms with E-state index in [1.807, 2.05) is 0 Å². The smallest absolute Gasteiger partial charge is 0.326 e. The van der Waals surface area contributed by atoms with Crippen molar-refractivity contribution in [2.24, 2.45) is 0 Å². The van der Waals surface area contributed by atoms with Crippen LogP contribution in [-0.2, 0) is 9.59 Å². The van der Waals surface area contributed by atoms with Crippen LogP contribution in [0.15, 0.2) is 22.8 Å². The number of rotatable bonds is 7. The molecule has 1 atom stereocenters. The highest BCUT2D eigenvalue weighted by molar-refractivity contribution is 5.91. The summed E-state index contributed by atoms with van der Waals surface area (Å²) in [7, 11) is 1.45. The standard InChI is InChI=1S/C13H18N2O5/c1-9(13(18)19)15(2)11(16)6-3-7-14-12(17)10-5-4-8-20-10/h4-5,8-9H,3,6-7H2,1-2H3,(H,14,17)(H,18,19). The predicted molar refractivity (Wildman–Crippen MR) is 70.1 cm³/mol. The van der Waals surface area contributed by atoms with Gasteiger partial charge < -0.3 is 19.7 Å². The van der Waals surface area contributed by atoms with E-state index in [9.17, 15) is 14.4 Å². The van der Waals surface area contributed by atoms with Gasteiger partial charge >= 0.3 is 5.97 Å². The number of amides is 2. The maximum absolute atomic E-state index is 11.7. The van der Waals surface area contributed by atoms with Gasteiger partial charge in [-0.05, 0) is 25.5 Å². The first-order valence-corrected chi connectivity index (χ1v) is 6.23. The SMILES string of the molecule is CC(C(=O)O)N(C)C(=O)CCCNC(=O)c1ccco1. The molecule has 1 heterocycles. The molecule has 0 aliphatic heterocycles. The lowest BCUT2D eigenvalue weighted by atomic mass is 10.2. The number of carbonyl (C=O) groups is 3. The largest absolute Gasteiger partial charge is 0.480 e. The van der Waals surface area contributed by atoms with E-state index in [1.165, 1.54) is 25.1 Å². The van der Waals surface area contributed by atoms with Gasteiger partial charge in [-0.1, -0.05) is 0 Å². The fourth-order valence-corrected chi connectivity index (χ4v) is 1.49. The number of carboxylic acids is 1. The van der Waals surface area contributed by atoms with Gasteiger partial charge in [0.25, 0.3) is 5.91 Å². The number of nitrogens with zero attached hydrogens (tertiary/aromatic N) is 1. The van der Waals surface area contributed by atoms with Gasteiger partial charge in [0.2, 0.25) is 5.91 Å². The monoisotopic (exact) mass is 282 g/mol. The zero-order chi connectivity index (χ0) is 15.1. The van der Waals surface area contributed by atoms with Crippen molar-refractivity contribution in [2.45, 2.75) is 25.8 Å². The summed E-state index contributed by atoms with van der Waals surface area (Å²) in [5.41, 5.74) is 0. The number of nitrogens with one attached hydrogen (secondary N) is 1. The maximum atomic E-state index is 11.7. The van der Waals surface area contributed by atoms with E-state index < -0.39 is 12.0 Å². The molecule has 0 saturated carbocycles. The Balaban J connectivity index is 2.25. The highest BCUT2D eigenvalue weighted by Crippen LogP contribution is 2.02. The van der Waals surface area contributed by atoms with Crippen LogP contribution in [0.2, 0.25) is 0 Å². The van der Waals surface area contributed by atoms with Crippen molar-refractivity contribution in [3.8, 4) is 0 Å². The molecule has 0 spiro atoms. The van der Waals surface area contributed by atoms with Gasteiger partial charge in [0.1, 0.15) is 6.04 Å². The van der Waals surface area contributed by atoms with Crippen LogP contribution in [0.5, 0.6) is 0 Å². The quantitative estimate of drug-likeness (QED) is 0.718. The van der Waals surface area contributed by atoms with E-state index in [1.54, 1.807) is 12.1 Å². The van der Waals surface area contributed by atoms with Crippen molar-refractivity contribution in [3.63, 3.8) is 0 Å². The molecule has 20 heavy (non-hydrogen) atoms. The van der Waals surface area contributed by atoms with Crippen molar-refractivity contribution >= 4 is 17.8 Å². The highest BCUT2D eigenvalue weighted by atomic mass is 16.4. The zero-order valence-electron chi connectivity index (χ0n) is 11.5. The van der Waals surface area contributed by atoms with E-state index in [0.29, 0.717) is 13.0 Å². The maximum Gasteiger partial charge on any atom is 0.326 e. The first-order chi connectivity index (χ1) is 9.43. The normalized spacial score (nSPS) is 11.7. The van der Waals surface area contributed by atoms with Crippen molar-refractivity contribution in [1.29, 1.82) is 0 Å². The van der Waals surface area contributed by atoms with Gasteiger partial charge in [-0.15, -0.1) is 0 Å². The molecule has 0 aliphatic carbocycles. The van der Waals surface area contributed by atoms with Gasteiger partial charge in [-0.25, -0.2) is 4.79 Å². The first kappa shape index (κ1) is 15.7. The Morgan fingerprint density at radius 2 is 2.15 bits per heavy atom.